The van der Waals surface area contributed by atoms with Crippen LogP contribution in [0.15, 0.2) is 66.9 Å². The molecular weight excluding hydrogens is 418 g/mol. The van der Waals surface area contributed by atoms with Crippen LogP contribution >= 0.6 is 0 Å². The van der Waals surface area contributed by atoms with E-state index in [-0.39, 0.29) is 17.6 Å². The highest BCUT2D eigenvalue weighted by molar-refractivity contribution is 5.87. The van der Waals surface area contributed by atoms with Gasteiger partial charge in [0, 0.05) is 38.3 Å². The minimum Gasteiger partial charge on any atom is -0.478 e. The van der Waals surface area contributed by atoms with Gasteiger partial charge >= 0.3 is 12.1 Å². The van der Waals surface area contributed by atoms with Gasteiger partial charge in [0.1, 0.15) is 12.4 Å². The molecule has 0 saturated carbocycles. The predicted octanol–water partition coefficient (Wildman–Crippen LogP) is 4.24. The summed E-state index contributed by atoms with van der Waals surface area (Å²) in [5.74, 6) is -0.234. The lowest BCUT2D eigenvalue weighted by Crippen LogP contribution is -2.36. The number of fused-ring (bicyclic) bond motifs is 3. The number of carboxylic acids is 1. The molecule has 2 heterocycles. The van der Waals surface area contributed by atoms with E-state index in [1.54, 1.807) is 17.0 Å². The van der Waals surface area contributed by atoms with Crippen molar-refractivity contribution in [3.05, 3.63) is 83.6 Å². The first-order valence-electron chi connectivity index (χ1n) is 11.2. The molecule has 1 aliphatic heterocycles. The van der Waals surface area contributed by atoms with Crippen molar-refractivity contribution < 1.29 is 19.4 Å². The summed E-state index contributed by atoms with van der Waals surface area (Å²) in [6.45, 7) is 2.81. The predicted molar refractivity (Wildman–Crippen MR) is 125 cm³/mol. The van der Waals surface area contributed by atoms with Gasteiger partial charge in [0.2, 0.25) is 0 Å². The second-order valence-corrected chi connectivity index (χ2v) is 8.34. The molecule has 7 nitrogen and oxygen atoms in total. The fourth-order valence-corrected chi connectivity index (χ4v) is 4.71. The monoisotopic (exact) mass is 443 g/mol. The van der Waals surface area contributed by atoms with Gasteiger partial charge in [0.25, 0.3) is 0 Å². The first-order valence-corrected chi connectivity index (χ1v) is 11.2. The number of carboxylic acid groups (broad SMARTS) is 1. The van der Waals surface area contributed by atoms with E-state index in [1.807, 2.05) is 24.3 Å². The van der Waals surface area contributed by atoms with Gasteiger partial charge in [-0.15, -0.1) is 0 Å². The number of benzene rings is 2. The molecule has 3 aromatic rings. The normalized spacial score (nSPS) is 15.5. The Morgan fingerprint density at radius 1 is 0.909 bits per heavy atom. The third-order valence-electron chi connectivity index (χ3n) is 6.41. The first kappa shape index (κ1) is 21.0. The van der Waals surface area contributed by atoms with Crippen LogP contribution in [0.1, 0.15) is 33.8 Å². The van der Waals surface area contributed by atoms with Gasteiger partial charge in [-0.05, 0) is 40.8 Å². The van der Waals surface area contributed by atoms with Crippen LogP contribution in [-0.2, 0) is 4.74 Å². The molecule has 7 heteroatoms. The van der Waals surface area contributed by atoms with Crippen molar-refractivity contribution in [3.63, 3.8) is 0 Å². The summed E-state index contributed by atoms with van der Waals surface area (Å²) < 4.78 is 5.81. The molecule has 1 fully saturated rings. The lowest BCUT2D eigenvalue weighted by Gasteiger charge is -2.23. The molecule has 0 bridgehead atoms. The molecule has 0 spiro atoms. The molecule has 2 aromatic carbocycles. The average Bonchev–Trinajstić information content (AvgIpc) is 2.98. The number of hydrogen-bond acceptors (Lipinski definition) is 5. The highest BCUT2D eigenvalue weighted by atomic mass is 16.6. The molecule has 1 N–H and O–H groups in total. The third-order valence-corrected chi connectivity index (χ3v) is 6.41. The summed E-state index contributed by atoms with van der Waals surface area (Å²) in [6, 6.07) is 19.9. The SMILES string of the molecule is O=C(O)c1ccc(N2CCCN(C(=O)OCC3c4ccccc4-c4ccccc43)CC2)nc1. The Morgan fingerprint density at radius 3 is 2.24 bits per heavy atom. The van der Waals surface area contributed by atoms with Gasteiger partial charge < -0.3 is 19.6 Å². The molecule has 5 rings (SSSR count). The maximum Gasteiger partial charge on any atom is 0.409 e. The number of aromatic carboxylic acids is 1. The van der Waals surface area contributed by atoms with E-state index in [9.17, 15) is 9.59 Å². The number of carbonyl (C=O) groups excluding carboxylic acids is 1. The number of hydrogen-bond donors (Lipinski definition) is 1. The maximum atomic E-state index is 12.9. The standard InChI is InChI=1S/C26H25N3O4/c30-25(31)18-10-11-24(27-16-18)28-12-5-13-29(15-14-28)26(32)33-17-23-21-8-3-1-6-19(21)20-7-2-4-9-22(20)23/h1-4,6-11,16,23H,5,12-15,17H2,(H,30,31). The molecule has 2 aliphatic rings. The van der Waals surface area contributed by atoms with Crippen molar-refractivity contribution in [1.29, 1.82) is 0 Å². The molecule has 0 atom stereocenters. The quantitative estimate of drug-likeness (QED) is 0.649. The fraction of sp³-hybridized carbons (Fsp3) is 0.269. The Balaban J connectivity index is 1.22. The highest BCUT2D eigenvalue weighted by Crippen LogP contribution is 2.44. The Hall–Kier alpha value is -3.87. The van der Waals surface area contributed by atoms with Crippen LogP contribution in [0.25, 0.3) is 11.1 Å². The molecule has 1 aliphatic carbocycles. The Kier molecular flexibility index (Phi) is 5.69. The van der Waals surface area contributed by atoms with Crippen molar-refractivity contribution in [2.45, 2.75) is 12.3 Å². The minimum absolute atomic E-state index is 0.0433. The van der Waals surface area contributed by atoms with Crippen molar-refractivity contribution in [3.8, 4) is 11.1 Å². The topological polar surface area (TPSA) is 83.0 Å². The zero-order valence-corrected chi connectivity index (χ0v) is 18.2. The van der Waals surface area contributed by atoms with Crippen LogP contribution in [0.5, 0.6) is 0 Å². The van der Waals surface area contributed by atoms with Gasteiger partial charge in [-0.1, -0.05) is 48.5 Å². The summed E-state index contributed by atoms with van der Waals surface area (Å²) in [6.07, 6.45) is 1.85. The van der Waals surface area contributed by atoms with E-state index in [0.717, 1.165) is 18.8 Å². The Labute approximate surface area is 192 Å². The summed E-state index contributed by atoms with van der Waals surface area (Å²) >= 11 is 0. The summed E-state index contributed by atoms with van der Waals surface area (Å²) in [5.41, 5.74) is 4.98. The lowest BCUT2D eigenvalue weighted by molar-refractivity contribution is 0.0696. The van der Waals surface area contributed by atoms with Crippen molar-refractivity contribution in [2.24, 2.45) is 0 Å². The summed E-state index contributed by atoms with van der Waals surface area (Å²) in [7, 11) is 0. The second kappa shape index (κ2) is 8.94. The minimum atomic E-state index is -0.994. The number of carbonyl (C=O) groups is 2. The van der Waals surface area contributed by atoms with Crippen molar-refractivity contribution >= 4 is 17.9 Å². The van der Waals surface area contributed by atoms with Gasteiger partial charge in [0.05, 0.1) is 5.56 Å². The van der Waals surface area contributed by atoms with Crippen molar-refractivity contribution in [1.82, 2.24) is 9.88 Å². The fourth-order valence-electron chi connectivity index (χ4n) is 4.71. The summed E-state index contributed by atoms with van der Waals surface area (Å²) in [5, 5.41) is 9.05. The Bertz CT molecular complexity index is 1130. The van der Waals surface area contributed by atoms with Crippen LogP contribution in [0, 0.1) is 0 Å². The molecule has 0 radical (unpaired) electrons. The molecule has 1 saturated heterocycles. The van der Waals surface area contributed by atoms with E-state index in [2.05, 4.69) is 34.1 Å². The van der Waals surface area contributed by atoms with Crippen molar-refractivity contribution in [2.75, 3.05) is 37.7 Å². The molecule has 1 amide bonds. The zero-order chi connectivity index (χ0) is 22.8. The Morgan fingerprint density at radius 2 is 1.61 bits per heavy atom. The number of anilines is 1. The van der Waals surface area contributed by atoms with Crippen LogP contribution in [0.4, 0.5) is 10.6 Å². The number of nitrogens with zero attached hydrogens (tertiary/aromatic N) is 3. The number of ether oxygens (including phenoxy) is 1. The van der Waals surface area contributed by atoms with E-state index >= 15 is 0 Å². The van der Waals surface area contributed by atoms with E-state index in [1.165, 1.54) is 28.5 Å². The molecular formula is C26H25N3O4. The zero-order valence-electron chi connectivity index (χ0n) is 18.2. The average molecular weight is 444 g/mol. The van der Waals surface area contributed by atoms with Gasteiger partial charge in [-0.3, -0.25) is 0 Å². The van der Waals surface area contributed by atoms with Crippen LogP contribution in [0.3, 0.4) is 0 Å². The summed E-state index contributed by atoms with van der Waals surface area (Å²) in [4.78, 5) is 32.0. The van der Waals surface area contributed by atoms with E-state index in [4.69, 9.17) is 9.84 Å². The lowest BCUT2D eigenvalue weighted by atomic mass is 9.98. The second-order valence-electron chi connectivity index (χ2n) is 8.34. The molecule has 33 heavy (non-hydrogen) atoms. The van der Waals surface area contributed by atoms with Gasteiger partial charge in [0.15, 0.2) is 0 Å². The van der Waals surface area contributed by atoms with Crippen LogP contribution in [0.2, 0.25) is 0 Å². The third kappa shape index (κ3) is 4.14. The van der Waals surface area contributed by atoms with Crippen LogP contribution in [-0.4, -0.2) is 59.8 Å². The van der Waals surface area contributed by atoms with E-state index < -0.39 is 5.97 Å². The van der Waals surface area contributed by atoms with Crippen LogP contribution < -0.4 is 4.90 Å². The number of amides is 1. The van der Waals surface area contributed by atoms with Gasteiger partial charge in [-0.2, -0.15) is 0 Å². The first-order chi connectivity index (χ1) is 16.1. The smallest absolute Gasteiger partial charge is 0.409 e. The highest BCUT2D eigenvalue weighted by Gasteiger charge is 2.30. The molecule has 0 unspecified atom stereocenters. The van der Waals surface area contributed by atoms with E-state index in [0.29, 0.717) is 26.2 Å². The maximum absolute atomic E-state index is 12.9. The molecule has 168 valence electrons. The number of rotatable bonds is 4. The van der Waals surface area contributed by atoms with Gasteiger partial charge in [-0.25, -0.2) is 14.6 Å². The molecule has 1 aromatic heterocycles. The largest absolute Gasteiger partial charge is 0.478 e. The number of pyridine rings is 1. The number of aromatic nitrogens is 1.